The van der Waals surface area contributed by atoms with Gasteiger partial charge in [-0.3, -0.25) is 0 Å². The first-order valence-corrected chi connectivity index (χ1v) is 10.9. The Morgan fingerprint density at radius 2 is 1.96 bits per heavy atom. The van der Waals surface area contributed by atoms with Gasteiger partial charge in [0.05, 0.1) is 0 Å². The number of phenolic OH excluding ortho intramolecular Hbond substituents is 1. The second kappa shape index (κ2) is 7.53. The first-order valence-electron chi connectivity index (χ1n) is 10.9. The van der Waals surface area contributed by atoms with Gasteiger partial charge in [0.2, 0.25) is 0 Å². The van der Waals surface area contributed by atoms with Crippen molar-refractivity contribution in [3.8, 4) is 11.5 Å². The van der Waals surface area contributed by atoms with E-state index in [1.165, 1.54) is 42.4 Å². The van der Waals surface area contributed by atoms with Gasteiger partial charge in [-0.05, 0) is 69.6 Å². The lowest BCUT2D eigenvalue weighted by Gasteiger charge is -2.37. The Bertz CT molecular complexity index is 724. The van der Waals surface area contributed by atoms with Gasteiger partial charge in [0, 0.05) is 11.5 Å². The molecule has 2 nitrogen and oxygen atoms in total. The zero-order chi connectivity index (χ0) is 19.8. The predicted molar refractivity (Wildman–Crippen MR) is 114 cm³/mol. The summed E-state index contributed by atoms with van der Waals surface area (Å²) in [7, 11) is 0. The average molecular weight is 371 g/mol. The van der Waals surface area contributed by atoms with E-state index in [1.807, 2.05) is 6.07 Å². The Hall–Kier alpha value is -1.44. The van der Waals surface area contributed by atoms with Crippen LogP contribution in [-0.4, -0.2) is 10.7 Å². The summed E-state index contributed by atoms with van der Waals surface area (Å²) in [5.41, 5.74) is 5.09. The third kappa shape index (κ3) is 3.91. The Morgan fingerprint density at radius 1 is 1.22 bits per heavy atom. The number of hydrogen-bond donors (Lipinski definition) is 1. The monoisotopic (exact) mass is 370 g/mol. The standard InChI is InChI=1S/C25H38O2/c1-7-8-9-10-12-24(4,5)19-15-21(26)23-20-14-18(17(2)3)11-13-25(20,6)27-22(23)16-19/h15-16,20,26H,7-14H2,1-6H3. The normalized spacial score (nSPS) is 24.4. The molecule has 1 aliphatic heterocycles. The number of rotatable bonds is 6. The number of fused-ring (bicyclic) bond motifs is 3. The van der Waals surface area contributed by atoms with Crippen LogP contribution < -0.4 is 4.74 Å². The summed E-state index contributed by atoms with van der Waals surface area (Å²) in [5.74, 6) is 1.63. The van der Waals surface area contributed by atoms with Crippen molar-refractivity contribution in [2.45, 2.75) is 110 Å². The maximum absolute atomic E-state index is 11.0. The summed E-state index contributed by atoms with van der Waals surface area (Å²) in [6, 6.07) is 4.24. The molecule has 2 aliphatic rings. The highest BCUT2D eigenvalue weighted by Crippen LogP contribution is 2.57. The van der Waals surface area contributed by atoms with Gasteiger partial charge in [-0.25, -0.2) is 0 Å². The second-order valence-corrected chi connectivity index (χ2v) is 9.88. The molecule has 27 heavy (non-hydrogen) atoms. The lowest BCUT2D eigenvalue weighted by Crippen LogP contribution is -2.37. The molecule has 2 unspecified atom stereocenters. The zero-order valence-electron chi connectivity index (χ0n) is 18.2. The highest BCUT2D eigenvalue weighted by Gasteiger charge is 2.49. The summed E-state index contributed by atoms with van der Waals surface area (Å²) in [4.78, 5) is 0. The molecule has 1 aromatic carbocycles. The Morgan fingerprint density at radius 3 is 2.63 bits per heavy atom. The summed E-state index contributed by atoms with van der Waals surface area (Å²) >= 11 is 0. The van der Waals surface area contributed by atoms with Gasteiger partial charge in [0.15, 0.2) is 0 Å². The highest BCUT2D eigenvalue weighted by atomic mass is 16.5. The van der Waals surface area contributed by atoms with Gasteiger partial charge in [-0.15, -0.1) is 0 Å². The van der Waals surface area contributed by atoms with Gasteiger partial charge in [0.25, 0.3) is 0 Å². The van der Waals surface area contributed by atoms with E-state index in [4.69, 9.17) is 4.74 Å². The van der Waals surface area contributed by atoms with E-state index in [0.717, 1.165) is 37.0 Å². The van der Waals surface area contributed by atoms with Crippen LogP contribution >= 0.6 is 0 Å². The Balaban J connectivity index is 1.88. The predicted octanol–water partition coefficient (Wildman–Crippen LogP) is 7.40. The molecule has 1 aromatic rings. The van der Waals surface area contributed by atoms with Crippen LogP contribution in [0.15, 0.2) is 23.3 Å². The van der Waals surface area contributed by atoms with Crippen LogP contribution in [0.2, 0.25) is 0 Å². The molecule has 0 amide bonds. The van der Waals surface area contributed by atoms with E-state index in [0.29, 0.717) is 5.75 Å². The Kier molecular flexibility index (Phi) is 5.66. The van der Waals surface area contributed by atoms with E-state index in [2.05, 4.69) is 47.6 Å². The molecular formula is C25H38O2. The number of ether oxygens (including phenoxy) is 1. The van der Waals surface area contributed by atoms with E-state index in [9.17, 15) is 5.11 Å². The molecule has 2 heteroatoms. The molecule has 2 atom stereocenters. The number of benzene rings is 1. The highest BCUT2D eigenvalue weighted by molar-refractivity contribution is 5.56. The van der Waals surface area contributed by atoms with Crippen LogP contribution in [0, 0.1) is 0 Å². The van der Waals surface area contributed by atoms with Gasteiger partial charge in [0.1, 0.15) is 17.1 Å². The van der Waals surface area contributed by atoms with Crippen molar-refractivity contribution in [1.82, 2.24) is 0 Å². The van der Waals surface area contributed by atoms with Crippen LogP contribution in [0.5, 0.6) is 11.5 Å². The summed E-state index contributed by atoms with van der Waals surface area (Å²) < 4.78 is 6.50. The van der Waals surface area contributed by atoms with Gasteiger partial charge in [-0.2, -0.15) is 0 Å². The first kappa shape index (κ1) is 20.3. The van der Waals surface area contributed by atoms with E-state index >= 15 is 0 Å². The summed E-state index contributed by atoms with van der Waals surface area (Å²) in [5, 5.41) is 11.0. The zero-order valence-corrected chi connectivity index (χ0v) is 18.2. The van der Waals surface area contributed by atoms with Crippen molar-refractivity contribution in [2.24, 2.45) is 0 Å². The quantitative estimate of drug-likeness (QED) is 0.417. The number of hydrogen-bond acceptors (Lipinski definition) is 2. The van der Waals surface area contributed by atoms with Crippen LogP contribution in [0.4, 0.5) is 0 Å². The minimum atomic E-state index is -0.178. The number of aromatic hydroxyl groups is 1. The van der Waals surface area contributed by atoms with Crippen molar-refractivity contribution in [2.75, 3.05) is 0 Å². The molecule has 150 valence electrons. The largest absolute Gasteiger partial charge is 0.508 e. The molecule has 3 rings (SSSR count). The smallest absolute Gasteiger partial charge is 0.127 e. The molecule has 0 saturated heterocycles. The molecule has 1 aliphatic carbocycles. The van der Waals surface area contributed by atoms with Gasteiger partial charge < -0.3 is 9.84 Å². The minimum Gasteiger partial charge on any atom is -0.508 e. The third-order valence-corrected chi connectivity index (χ3v) is 7.07. The van der Waals surface area contributed by atoms with E-state index in [1.54, 1.807) is 0 Å². The molecule has 0 spiro atoms. The fraction of sp³-hybridized carbons (Fsp3) is 0.680. The fourth-order valence-corrected chi connectivity index (χ4v) is 4.95. The maximum Gasteiger partial charge on any atom is 0.127 e. The summed E-state index contributed by atoms with van der Waals surface area (Å²) in [6.45, 7) is 13.5. The van der Waals surface area contributed by atoms with Gasteiger partial charge in [-0.1, -0.05) is 57.6 Å². The van der Waals surface area contributed by atoms with Crippen LogP contribution in [0.1, 0.15) is 110 Å². The number of unbranched alkanes of at least 4 members (excludes halogenated alkanes) is 3. The van der Waals surface area contributed by atoms with Crippen molar-refractivity contribution in [3.63, 3.8) is 0 Å². The Labute approximate surface area is 166 Å². The maximum atomic E-state index is 11.0. The lowest BCUT2D eigenvalue weighted by molar-refractivity contribution is 0.0665. The molecule has 1 saturated carbocycles. The fourth-order valence-electron chi connectivity index (χ4n) is 4.95. The van der Waals surface area contributed by atoms with Crippen molar-refractivity contribution < 1.29 is 9.84 Å². The topological polar surface area (TPSA) is 29.5 Å². The van der Waals surface area contributed by atoms with Crippen molar-refractivity contribution in [3.05, 3.63) is 34.4 Å². The molecule has 0 aromatic heterocycles. The summed E-state index contributed by atoms with van der Waals surface area (Å²) in [6.07, 6.45) is 9.40. The average Bonchev–Trinajstić information content (AvgIpc) is 2.90. The van der Waals surface area contributed by atoms with E-state index in [-0.39, 0.29) is 16.9 Å². The SMILES string of the molecule is CCCCCCC(C)(C)c1cc(O)c2c(c1)OC1(C)CCC(=C(C)C)CC21. The van der Waals surface area contributed by atoms with Crippen LogP contribution in [0.3, 0.4) is 0 Å². The molecule has 1 N–H and O–H groups in total. The lowest BCUT2D eigenvalue weighted by atomic mass is 9.71. The minimum absolute atomic E-state index is 0.0589. The number of allylic oxidation sites excluding steroid dienone is 2. The molecular weight excluding hydrogens is 332 g/mol. The molecule has 1 heterocycles. The number of phenols is 1. The van der Waals surface area contributed by atoms with Crippen molar-refractivity contribution >= 4 is 0 Å². The van der Waals surface area contributed by atoms with Crippen LogP contribution in [0.25, 0.3) is 0 Å². The first-order chi connectivity index (χ1) is 12.7. The molecule has 0 bridgehead atoms. The van der Waals surface area contributed by atoms with Gasteiger partial charge >= 0.3 is 0 Å². The van der Waals surface area contributed by atoms with Crippen LogP contribution in [-0.2, 0) is 5.41 Å². The van der Waals surface area contributed by atoms with Crippen molar-refractivity contribution in [1.29, 1.82) is 0 Å². The third-order valence-electron chi connectivity index (χ3n) is 7.07. The molecule has 0 radical (unpaired) electrons. The second-order valence-electron chi connectivity index (χ2n) is 9.88. The molecule has 1 fully saturated rings. The van der Waals surface area contributed by atoms with E-state index < -0.39 is 0 Å².